The van der Waals surface area contributed by atoms with Gasteiger partial charge in [-0.05, 0) is 82.4 Å². The molecule has 250 valence electrons. The maximum atomic E-state index is 14.7. The summed E-state index contributed by atoms with van der Waals surface area (Å²) in [6.07, 6.45) is 5.13. The summed E-state index contributed by atoms with van der Waals surface area (Å²) in [6, 6.07) is 12.6. The van der Waals surface area contributed by atoms with Gasteiger partial charge in [0.2, 0.25) is 0 Å². The minimum absolute atomic E-state index is 0.135. The van der Waals surface area contributed by atoms with Crippen molar-refractivity contribution in [2.75, 3.05) is 43.0 Å². The third-order valence-electron chi connectivity index (χ3n) is 7.93. The van der Waals surface area contributed by atoms with Crippen LogP contribution in [0.5, 0.6) is 5.75 Å². The first-order valence-corrected chi connectivity index (χ1v) is 18.0. The number of rotatable bonds is 11. The minimum Gasteiger partial charge on any atom is -0.491 e. The van der Waals surface area contributed by atoms with E-state index in [4.69, 9.17) is 10.5 Å². The molecule has 0 amide bonds. The highest BCUT2D eigenvalue weighted by molar-refractivity contribution is 8.44. The first kappa shape index (κ1) is 33.4. The predicted molar refractivity (Wildman–Crippen MR) is 192 cm³/mol. The number of ether oxygens (including phenoxy) is 1. The molecule has 2 aromatic heterocycles. The van der Waals surface area contributed by atoms with Crippen LogP contribution in [-0.2, 0) is 6.42 Å². The molecule has 11 nitrogen and oxygen atoms in total. The second-order valence-corrected chi connectivity index (χ2v) is 14.3. The molecule has 0 spiro atoms. The first-order chi connectivity index (χ1) is 23.4. The fourth-order valence-corrected chi connectivity index (χ4v) is 8.23. The van der Waals surface area contributed by atoms with E-state index in [9.17, 15) is 14.3 Å². The Hall–Kier alpha value is -4.55. The van der Waals surface area contributed by atoms with Crippen molar-refractivity contribution in [2.24, 2.45) is 10.7 Å². The van der Waals surface area contributed by atoms with Crippen molar-refractivity contribution in [3.05, 3.63) is 76.1 Å². The van der Waals surface area contributed by atoms with Gasteiger partial charge in [0.05, 0.1) is 23.4 Å². The third-order valence-corrected chi connectivity index (χ3v) is 10.9. The smallest absolute Gasteiger partial charge is 0.355 e. The summed E-state index contributed by atoms with van der Waals surface area (Å²) in [7, 11) is -1.73. The van der Waals surface area contributed by atoms with Crippen molar-refractivity contribution in [2.45, 2.75) is 39.0 Å². The number of thiol groups is 1. The number of benzene rings is 2. The van der Waals surface area contributed by atoms with E-state index in [0.29, 0.717) is 54.8 Å². The molecule has 14 heteroatoms. The van der Waals surface area contributed by atoms with Gasteiger partial charge in [0.25, 0.3) is 0 Å². The molecule has 0 saturated carbocycles. The number of aromatic nitrogens is 3. The van der Waals surface area contributed by atoms with E-state index < -0.39 is 22.0 Å². The molecular weight excluding hydrogens is 652 g/mol. The Labute approximate surface area is 284 Å². The molecule has 1 atom stereocenters. The average Bonchev–Trinajstić information content (AvgIpc) is 3.70. The monoisotopic (exact) mass is 688 g/mol. The van der Waals surface area contributed by atoms with Gasteiger partial charge >= 0.3 is 5.30 Å². The van der Waals surface area contributed by atoms with E-state index in [2.05, 4.69) is 42.6 Å². The lowest BCUT2D eigenvalue weighted by atomic mass is 10.0. The number of halogens is 1. The fraction of sp³-hybridized carbons (Fsp3) is 0.324. The molecule has 2 aliphatic rings. The molecule has 0 fully saturated rings. The van der Waals surface area contributed by atoms with E-state index in [0.717, 1.165) is 57.2 Å². The van der Waals surface area contributed by atoms with E-state index in [1.54, 1.807) is 29.7 Å². The van der Waals surface area contributed by atoms with Gasteiger partial charge in [-0.25, -0.2) is 19.2 Å². The number of anilines is 3. The van der Waals surface area contributed by atoms with Crippen molar-refractivity contribution >= 4 is 59.7 Å². The summed E-state index contributed by atoms with van der Waals surface area (Å²) >= 11 is 1.55. The molecule has 0 saturated heterocycles. The van der Waals surface area contributed by atoms with Gasteiger partial charge in [-0.15, -0.1) is 10.2 Å². The Balaban J connectivity index is 1.06. The SMILES string of the molecule is Cc1c(Nc2nc3ccccc3s2)nnc2c1CCCN2C1=NC=C(CCCOc2ccc(C#CCNCCCN)cc2F)[SH]1C(=O)O. The quantitative estimate of drug-likeness (QED) is 0.0714. The summed E-state index contributed by atoms with van der Waals surface area (Å²) in [4.78, 5) is 24.5. The number of para-hydroxylation sites is 1. The van der Waals surface area contributed by atoms with Crippen molar-refractivity contribution in [1.82, 2.24) is 20.5 Å². The van der Waals surface area contributed by atoms with Crippen LogP contribution in [0.2, 0.25) is 0 Å². The number of nitrogens with two attached hydrogens (primary N) is 1. The molecule has 0 aliphatic carbocycles. The summed E-state index contributed by atoms with van der Waals surface area (Å²) in [5.74, 6) is 6.82. The zero-order valence-corrected chi connectivity index (χ0v) is 28.2. The molecule has 0 bridgehead atoms. The molecule has 0 radical (unpaired) electrons. The number of hydrogen-bond donors (Lipinski definition) is 5. The van der Waals surface area contributed by atoms with Gasteiger partial charge in [-0.1, -0.05) is 46.2 Å². The van der Waals surface area contributed by atoms with Crippen LogP contribution in [0.3, 0.4) is 0 Å². The maximum Gasteiger partial charge on any atom is 0.355 e. The van der Waals surface area contributed by atoms with Crippen LogP contribution in [0.4, 0.5) is 26.0 Å². The second-order valence-electron chi connectivity index (χ2n) is 11.2. The predicted octanol–water partition coefficient (Wildman–Crippen LogP) is 6.07. The standard InChI is InChI=1S/C34H37FN8O3S2/c1-22-25-10-5-18-43(31(25)42-41-30(22)40-32-39-27-11-2-3-12-29(27)47-32)33-38-21-24(48(33)34(44)45)9-6-19-46-28-14-13-23(20-26(28)35)8-4-16-37-17-7-15-36/h2-3,11-14,20-21,37,48H,5-7,9-10,15-19,36H2,1H3,(H,44,45)(H,39,40,41). The number of nitrogens with zero attached hydrogens (tertiary/aromatic N) is 5. The van der Waals surface area contributed by atoms with Gasteiger partial charge < -0.3 is 31.1 Å². The topological polar surface area (TPSA) is 151 Å². The Morgan fingerprint density at radius 1 is 1.23 bits per heavy atom. The molecule has 2 aliphatic heterocycles. The summed E-state index contributed by atoms with van der Waals surface area (Å²) in [5.41, 5.74) is 8.92. The van der Waals surface area contributed by atoms with Crippen molar-refractivity contribution in [1.29, 1.82) is 0 Å². The lowest BCUT2D eigenvalue weighted by molar-refractivity contribution is 0.222. The van der Waals surface area contributed by atoms with Gasteiger partial charge in [-0.3, -0.25) is 0 Å². The van der Waals surface area contributed by atoms with Crippen LogP contribution in [0.25, 0.3) is 10.2 Å². The summed E-state index contributed by atoms with van der Waals surface area (Å²) in [6.45, 7) is 4.74. The van der Waals surface area contributed by atoms with Crippen LogP contribution in [0, 0.1) is 24.6 Å². The van der Waals surface area contributed by atoms with Crippen LogP contribution in [0.15, 0.2) is 58.6 Å². The van der Waals surface area contributed by atoms with Crippen molar-refractivity contribution < 1.29 is 19.0 Å². The normalized spacial score (nSPS) is 16.1. The van der Waals surface area contributed by atoms with Crippen molar-refractivity contribution in [3.63, 3.8) is 0 Å². The van der Waals surface area contributed by atoms with Crippen LogP contribution >= 0.6 is 22.2 Å². The number of hydrogen-bond acceptors (Lipinski definition) is 11. The van der Waals surface area contributed by atoms with E-state index in [1.165, 1.54) is 6.07 Å². The number of carbonyl (C=O) groups is 1. The van der Waals surface area contributed by atoms with E-state index in [1.807, 2.05) is 36.1 Å². The Morgan fingerprint density at radius 2 is 2.10 bits per heavy atom. The van der Waals surface area contributed by atoms with Gasteiger partial charge in [-0.2, -0.15) is 0 Å². The summed E-state index contributed by atoms with van der Waals surface area (Å²) < 4.78 is 21.4. The number of fused-ring (bicyclic) bond motifs is 2. The number of thiazole rings is 1. The highest BCUT2D eigenvalue weighted by Crippen LogP contribution is 2.47. The van der Waals surface area contributed by atoms with E-state index >= 15 is 0 Å². The Bertz CT molecular complexity index is 1900. The zero-order chi connectivity index (χ0) is 33.5. The molecule has 4 heterocycles. The molecule has 5 N–H and O–H groups in total. The van der Waals surface area contributed by atoms with Crippen LogP contribution < -0.4 is 26.0 Å². The molecule has 1 unspecified atom stereocenters. The highest BCUT2D eigenvalue weighted by atomic mass is 32.2. The molecule has 4 aromatic rings. The Morgan fingerprint density at radius 3 is 2.92 bits per heavy atom. The third kappa shape index (κ3) is 7.60. The fourth-order valence-electron chi connectivity index (χ4n) is 5.53. The minimum atomic E-state index is -1.73. The van der Waals surface area contributed by atoms with Crippen LogP contribution in [-0.4, -0.2) is 63.5 Å². The maximum absolute atomic E-state index is 14.7. The molecule has 6 rings (SSSR count). The number of carboxylic acid groups (broad SMARTS) is 1. The van der Waals surface area contributed by atoms with Gasteiger partial charge in [0.1, 0.15) is 0 Å². The largest absolute Gasteiger partial charge is 0.491 e. The lowest BCUT2D eigenvalue weighted by Crippen LogP contribution is -2.37. The number of aliphatic imine (C=N–C) groups is 1. The van der Waals surface area contributed by atoms with Gasteiger partial charge in [0, 0.05) is 34.3 Å². The average molecular weight is 689 g/mol. The molecule has 48 heavy (non-hydrogen) atoms. The summed E-state index contributed by atoms with van der Waals surface area (Å²) in [5, 5.41) is 26.1. The Kier molecular flexibility index (Phi) is 10.8. The van der Waals surface area contributed by atoms with Crippen molar-refractivity contribution in [3.8, 4) is 17.6 Å². The van der Waals surface area contributed by atoms with Crippen LogP contribution in [0.1, 0.15) is 42.4 Å². The number of allylic oxidation sites excluding steroid dienone is 1. The molecular formula is C34H37FN8O3S2. The zero-order valence-electron chi connectivity index (χ0n) is 26.5. The second kappa shape index (κ2) is 15.6. The number of amidine groups is 1. The van der Waals surface area contributed by atoms with E-state index in [-0.39, 0.29) is 12.4 Å². The number of nitrogens with one attached hydrogen (secondary N) is 2. The van der Waals surface area contributed by atoms with Gasteiger partial charge in [0.15, 0.2) is 33.5 Å². The first-order valence-electron chi connectivity index (χ1n) is 15.8. The lowest BCUT2D eigenvalue weighted by Gasteiger charge is -2.33. The highest BCUT2D eigenvalue weighted by Gasteiger charge is 2.35. The molecule has 2 aromatic carbocycles.